The summed E-state index contributed by atoms with van der Waals surface area (Å²) in [5.74, 6) is 0. The van der Waals surface area contributed by atoms with Crippen LogP contribution in [0.25, 0.3) is 5.69 Å². The lowest BCUT2D eigenvalue weighted by atomic mass is 10.2. The predicted molar refractivity (Wildman–Crippen MR) is 53.0 cm³/mol. The first-order valence-corrected chi connectivity index (χ1v) is 4.31. The Labute approximate surface area is 82.2 Å². The van der Waals surface area contributed by atoms with E-state index in [1.54, 1.807) is 18.5 Å². The normalized spacial score (nSPS) is 9.71. The molecule has 0 saturated carbocycles. The lowest BCUT2D eigenvalue weighted by molar-refractivity contribution is 1.06. The molecule has 0 aliphatic heterocycles. The van der Waals surface area contributed by atoms with Crippen LogP contribution in [-0.4, -0.2) is 9.55 Å². The number of aromatic nitrogens is 2. The van der Waals surface area contributed by atoms with Crippen LogP contribution < -0.4 is 0 Å². The van der Waals surface area contributed by atoms with Crippen molar-refractivity contribution in [1.82, 2.24) is 9.55 Å². The number of hydrogen-bond acceptors (Lipinski definition) is 2. The topological polar surface area (TPSA) is 41.6 Å². The van der Waals surface area contributed by atoms with Crippen LogP contribution in [0.4, 0.5) is 0 Å². The second-order valence-corrected chi connectivity index (χ2v) is 3.08. The van der Waals surface area contributed by atoms with Gasteiger partial charge in [-0.05, 0) is 31.2 Å². The molecule has 0 spiro atoms. The molecular formula is C11H9N3. The molecule has 68 valence electrons. The van der Waals surface area contributed by atoms with Gasteiger partial charge in [0.05, 0.1) is 23.7 Å². The molecular weight excluding hydrogens is 174 g/mol. The molecule has 3 heteroatoms. The predicted octanol–water partition coefficient (Wildman–Crippen LogP) is 2.05. The Balaban J connectivity index is 2.39. The zero-order valence-electron chi connectivity index (χ0n) is 7.81. The van der Waals surface area contributed by atoms with Gasteiger partial charge in [0.15, 0.2) is 0 Å². The van der Waals surface area contributed by atoms with Crippen molar-refractivity contribution in [2.75, 3.05) is 0 Å². The number of nitriles is 1. The molecule has 0 bridgehead atoms. The summed E-state index contributed by atoms with van der Waals surface area (Å²) in [7, 11) is 0. The maximum atomic E-state index is 8.63. The molecule has 0 N–H and O–H groups in total. The molecule has 0 amide bonds. The van der Waals surface area contributed by atoms with Gasteiger partial charge in [0.2, 0.25) is 0 Å². The number of rotatable bonds is 1. The highest BCUT2D eigenvalue weighted by atomic mass is 15.0. The van der Waals surface area contributed by atoms with Crippen molar-refractivity contribution in [3.05, 3.63) is 48.0 Å². The Bertz CT molecular complexity index is 474. The molecule has 0 unspecified atom stereocenters. The third-order valence-electron chi connectivity index (χ3n) is 2.01. The van der Waals surface area contributed by atoms with Crippen LogP contribution in [0.1, 0.15) is 11.3 Å². The van der Waals surface area contributed by atoms with Crippen LogP contribution in [0, 0.1) is 18.3 Å². The molecule has 0 saturated heterocycles. The lowest BCUT2D eigenvalue weighted by Gasteiger charge is -2.00. The Morgan fingerprint density at radius 1 is 1.29 bits per heavy atom. The molecule has 0 aliphatic rings. The van der Waals surface area contributed by atoms with Gasteiger partial charge in [-0.3, -0.25) is 0 Å². The van der Waals surface area contributed by atoms with Crippen molar-refractivity contribution in [3.8, 4) is 11.8 Å². The average molecular weight is 183 g/mol. The van der Waals surface area contributed by atoms with Gasteiger partial charge in [0.1, 0.15) is 0 Å². The van der Waals surface area contributed by atoms with Gasteiger partial charge in [0.25, 0.3) is 0 Å². The number of imidazole rings is 1. The summed E-state index contributed by atoms with van der Waals surface area (Å²) in [5, 5.41) is 8.63. The summed E-state index contributed by atoms with van der Waals surface area (Å²) in [6.45, 7) is 1.94. The van der Waals surface area contributed by atoms with E-state index < -0.39 is 0 Å². The van der Waals surface area contributed by atoms with Crippen molar-refractivity contribution in [2.45, 2.75) is 6.92 Å². The fourth-order valence-electron chi connectivity index (χ4n) is 1.27. The average Bonchev–Trinajstić information content (AvgIpc) is 2.65. The molecule has 2 aromatic rings. The van der Waals surface area contributed by atoms with E-state index in [1.165, 1.54) is 0 Å². The van der Waals surface area contributed by atoms with Crippen LogP contribution in [0.3, 0.4) is 0 Å². The van der Waals surface area contributed by atoms with Gasteiger partial charge in [-0.2, -0.15) is 5.26 Å². The second-order valence-electron chi connectivity index (χ2n) is 3.08. The highest BCUT2D eigenvalue weighted by Gasteiger charge is 1.97. The molecule has 3 nitrogen and oxygen atoms in total. The van der Waals surface area contributed by atoms with Crippen molar-refractivity contribution in [2.24, 2.45) is 0 Å². The van der Waals surface area contributed by atoms with E-state index in [0.717, 1.165) is 11.4 Å². The van der Waals surface area contributed by atoms with Crippen LogP contribution in [-0.2, 0) is 0 Å². The van der Waals surface area contributed by atoms with Gasteiger partial charge < -0.3 is 4.57 Å². The summed E-state index contributed by atoms with van der Waals surface area (Å²) < 4.78 is 1.93. The first kappa shape index (κ1) is 8.52. The van der Waals surface area contributed by atoms with E-state index in [9.17, 15) is 0 Å². The molecule has 0 radical (unpaired) electrons. The van der Waals surface area contributed by atoms with Gasteiger partial charge in [0, 0.05) is 11.9 Å². The number of hydrogen-bond donors (Lipinski definition) is 0. The Hall–Kier alpha value is -2.08. The third kappa shape index (κ3) is 1.50. The van der Waals surface area contributed by atoms with Crippen molar-refractivity contribution in [1.29, 1.82) is 5.26 Å². The highest BCUT2D eigenvalue weighted by molar-refractivity contribution is 5.39. The van der Waals surface area contributed by atoms with E-state index in [2.05, 4.69) is 11.1 Å². The standard InChI is InChI=1S/C11H9N3/c1-9-7-14(8-13-9)11-4-2-10(6-12)3-5-11/h2-5,7-8H,1H3. The summed E-state index contributed by atoms with van der Waals surface area (Å²) in [5.41, 5.74) is 2.67. The smallest absolute Gasteiger partial charge is 0.0995 e. The minimum atomic E-state index is 0.672. The molecule has 0 atom stereocenters. The van der Waals surface area contributed by atoms with Crippen molar-refractivity contribution < 1.29 is 0 Å². The highest BCUT2D eigenvalue weighted by Crippen LogP contribution is 2.09. The number of aryl methyl sites for hydroxylation is 1. The summed E-state index contributed by atoms with van der Waals surface area (Å²) in [6.07, 6.45) is 3.71. The van der Waals surface area contributed by atoms with Crippen LogP contribution in [0.2, 0.25) is 0 Å². The van der Waals surface area contributed by atoms with E-state index in [4.69, 9.17) is 5.26 Å². The lowest BCUT2D eigenvalue weighted by Crippen LogP contribution is -1.89. The quantitative estimate of drug-likeness (QED) is 0.679. The number of benzene rings is 1. The monoisotopic (exact) mass is 183 g/mol. The zero-order valence-corrected chi connectivity index (χ0v) is 7.81. The minimum Gasteiger partial charge on any atom is -0.306 e. The van der Waals surface area contributed by atoms with E-state index >= 15 is 0 Å². The van der Waals surface area contributed by atoms with E-state index in [1.807, 2.05) is 29.8 Å². The van der Waals surface area contributed by atoms with Crippen LogP contribution >= 0.6 is 0 Å². The zero-order chi connectivity index (χ0) is 9.97. The van der Waals surface area contributed by atoms with Crippen molar-refractivity contribution >= 4 is 0 Å². The Morgan fingerprint density at radius 3 is 2.50 bits per heavy atom. The fraction of sp³-hybridized carbons (Fsp3) is 0.0909. The first-order valence-electron chi connectivity index (χ1n) is 4.31. The maximum absolute atomic E-state index is 8.63. The molecule has 14 heavy (non-hydrogen) atoms. The van der Waals surface area contributed by atoms with E-state index in [-0.39, 0.29) is 0 Å². The molecule has 2 rings (SSSR count). The largest absolute Gasteiger partial charge is 0.306 e. The Kier molecular flexibility index (Phi) is 2.04. The molecule has 0 fully saturated rings. The molecule has 1 heterocycles. The minimum absolute atomic E-state index is 0.672. The third-order valence-corrected chi connectivity index (χ3v) is 2.01. The Morgan fingerprint density at radius 2 is 2.00 bits per heavy atom. The maximum Gasteiger partial charge on any atom is 0.0995 e. The van der Waals surface area contributed by atoms with Gasteiger partial charge >= 0.3 is 0 Å². The van der Waals surface area contributed by atoms with Gasteiger partial charge in [-0.1, -0.05) is 0 Å². The second kappa shape index (κ2) is 3.35. The van der Waals surface area contributed by atoms with E-state index in [0.29, 0.717) is 5.56 Å². The molecule has 1 aromatic carbocycles. The molecule has 0 aliphatic carbocycles. The van der Waals surface area contributed by atoms with Crippen LogP contribution in [0.15, 0.2) is 36.8 Å². The fourth-order valence-corrected chi connectivity index (χ4v) is 1.27. The van der Waals surface area contributed by atoms with Gasteiger partial charge in [-0.15, -0.1) is 0 Å². The first-order chi connectivity index (χ1) is 6.79. The summed E-state index contributed by atoms with van der Waals surface area (Å²) in [6, 6.07) is 9.48. The van der Waals surface area contributed by atoms with Crippen LogP contribution in [0.5, 0.6) is 0 Å². The van der Waals surface area contributed by atoms with Crippen molar-refractivity contribution in [3.63, 3.8) is 0 Å². The molecule has 1 aromatic heterocycles. The van der Waals surface area contributed by atoms with Gasteiger partial charge in [-0.25, -0.2) is 4.98 Å². The number of nitrogens with zero attached hydrogens (tertiary/aromatic N) is 3. The summed E-state index contributed by atoms with van der Waals surface area (Å²) >= 11 is 0. The summed E-state index contributed by atoms with van der Waals surface area (Å²) in [4.78, 5) is 4.13. The SMILES string of the molecule is Cc1cn(-c2ccc(C#N)cc2)cn1.